The Morgan fingerprint density at radius 3 is 2.13 bits per heavy atom. The first kappa shape index (κ1) is 28.6. The van der Waals surface area contributed by atoms with Crippen LogP contribution in [0.1, 0.15) is 35.1 Å². The summed E-state index contributed by atoms with van der Waals surface area (Å²) in [5, 5.41) is 11.3. The highest BCUT2D eigenvalue weighted by molar-refractivity contribution is 6.31. The first-order valence-electron chi connectivity index (χ1n) is 15.4. The molecule has 1 fully saturated rings. The number of para-hydroxylation sites is 2. The zero-order valence-electron chi connectivity index (χ0n) is 25.0. The van der Waals surface area contributed by atoms with Crippen LogP contribution in [0.3, 0.4) is 0 Å². The second-order valence-electron chi connectivity index (χ2n) is 12.2. The molecule has 5 aromatic rings. The Bertz CT molecular complexity index is 2270. The number of hydrogen-bond donors (Lipinski definition) is 1. The minimum Gasteiger partial charge on any atom is -0.505 e. The number of hydrogen-bond acceptors (Lipinski definition) is 5. The summed E-state index contributed by atoms with van der Waals surface area (Å²) < 4.78 is 19.0. The molecule has 0 spiro atoms. The molecule has 4 atom stereocenters. The van der Waals surface area contributed by atoms with Gasteiger partial charge in [-0.25, -0.2) is 27.9 Å². The van der Waals surface area contributed by atoms with E-state index in [-0.39, 0.29) is 35.7 Å². The van der Waals surface area contributed by atoms with Crippen molar-refractivity contribution < 1.29 is 19.1 Å². The number of phenols is 1. The van der Waals surface area contributed by atoms with Gasteiger partial charge in [0.25, 0.3) is 0 Å². The normalized spacial score (nSPS) is 23.3. The molecule has 4 aromatic carbocycles. The standard InChI is InChI=1S/C38H28FN3O5/c39-30-18-10-17-27(35(30)45)33-26-19-20-40-36(46)41(25-15-8-3-9-16-25)37(47)42(40)31(26)22-29-34(44)28(23-11-4-1-5-12-23)21-32(43)38(29,33)24-13-6-2-7-14-24/h1-19,21,29,31,33,45H,20,22H2. The third kappa shape index (κ3) is 3.99. The van der Waals surface area contributed by atoms with E-state index in [0.29, 0.717) is 22.4 Å². The molecule has 1 saturated carbocycles. The second kappa shape index (κ2) is 10.6. The molecule has 232 valence electrons. The highest BCUT2D eigenvalue weighted by atomic mass is 19.1. The molecule has 8 rings (SSSR count). The fourth-order valence-electron chi connectivity index (χ4n) is 8.04. The van der Waals surface area contributed by atoms with Gasteiger partial charge in [0.15, 0.2) is 23.1 Å². The van der Waals surface area contributed by atoms with Crippen molar-refractivity contribution in [2.45, 2.75) is 30.3 Å². The molecular formula is C38H28FN3O5. The summed E-state index contributed by atoms with van der Waals surface area (Å²) in [4.78, 5) is 57.7. The van der Waals surface area contributed by atoms with Crippen molar-refractivity contribution in [1.29, 1.82) is 0 Å². The van der Waals surface area contributed by atoms with E-state index < -0.39 is 46.2 Å². The Balaban J connectivity index is 1.44. The lowest BCUT2D eigenvalue weighted by atomic mass is 9.47. The number of allylic oxidation sites excluding steroid dienone is 4. The van der Waals surface area contributed by atoms with Crippen LogP contribution in [0.5, 0.6) is 5.75 Å². The van der Waals surface area contributed by atoms with Crippen molar-refractivity contribution in [3.8, 4) is 11.4 Å². The third-order valence-electron chi connectivity index (χ3n) is 9.98. The van der Waals surface area contributed by atoms with E-state index >= 15 is 4.39 Å². The maximum atomic E-state index is 15.2. The summed E-state index contributed by atoms with van der Waals surface area (Å²) >= 11 is 0. The lowest BCUT2D eigenvalue weighted by Gasteiger charge is -2.54. The first-order chi connectivity index (χ1) is 22.8. The van der Waals surface area contributed by atoms with Gasteiger partial charge in [0.1, 0.15) is 0 Å². The van der Waals surface area contributed by atoms with Gasteiger partial charge in [-0.2, -0.15) is 0 Å². The fraction of sp³-hybridized carbons (Fsp3) is 0.158. The Morgan fingerprint density at radius 2 is 1.43 bits per heavy atom. The summed E-state index contributed by atoms with van der Waals surface area (Å²) in [6, 6.07) is 29.7. The number of aromatic hydroxyl groups is 1. The molecule has 9 heteroatoms. The quantitative estimate of drug-likeness (QED) is 0.280. The maximum Gasteiger partial charge on any atom is 0.352 e. The van der Waals surface area contributed by atoms with Gasteiger partial charge in [0.05, 0.1) is 23.7 Å². The van der Waals surface area contributed by atoms with E-state index in [2.05, 4.69) is 0 Å². The van der Waals surface area contributed by atoms with Gasteiger partial charge in [-0.05, 0) is 47.4 Å². The van der Waals surface area contributed by atoms with Crippen molar-refractivity contribution in [2.75, 3.05) is 0 Å². The van der Waals surface area contributed by atoms with E-state index in [1.807, 2.05) is 6.07 Å². The average molecular weight is 626 g/mol. The van der Waals surface area contributed by atoms with Crippen molar-refractivity contribution in [2.24, 2.45) is 5.92 Å². The third-order valence-corrected chi connectivity index (χ3v) is 9.98. The molecule has 47 heavy (non-hydrogen) atoms. The predicted octanol–water partition coefficient (Wildman–Crippen LogP) is 5.10. The van der Waals surface area contributed by atoms with E-state index in [1.54, 1.807) is 97.1 Å². The fourth-order valence-corrected chi connectivity index (χ4v) is 8.04. The lowest BCUT2D eigenvalue weighted by Crippen LogP contribution is -2.58. The van der Waals surface area contributed by atoms with E-state index in [9.17, 15) is 24.3 Å². The summed E-state index contributed by atoms with van der Waals surface area (Å²) in [5.41, 5.74) is -0.302. The molecule has 1 aromatic heterocycles. The van der Waals surface area contributed by atoms with Gasteiger partial charge in [-0.3, -0.25) is 9.59 Å². The topological polar surface area (TPSA) is 103 Å². The number of nitrogens with zero attached hydrogens (tertiary/aromatic N) is 3. The molecule has 0 radical (unpaired) electrons. The number of phenolic OH excluding ortho intramolecular Hbond substituents is 1. The monoisotopic (exact) mass is 625 g/mol. The summed E-state index contributed by atoms with van der Waals surface area (Å²) in [5.74, 6) is -4.28. The number of carbonyl (C=O) groups is 2. The van der Waals surface area contributed by atoms with Crippen molar-refractivity contribution in [1.82, 2.24) is 13.9 Å². The molecule has 4 unspecified atom stereocenters. The van der Waals surface area contributed by atoms with Crippen LogP contribution in [0.2, 0.25) is 0 Å². The van der Waals surface area contributed by atoms with E-state index in [4.69, 9.17) is 0 Å². The highest BCUT2D eigenvalue weighted by Gasteiger charge is 2.63. The summed E-state index contributed by atoms with van der Waals surface area (Å²) in [6.07, 6.45) is 3.17. The molecule has 1 N–H and O–H groups in total. The number of ketones is 2. The second-order valence-corrected chi connectivity index (χ2v) is 12.2. The van der Waals surface area contributed by atoms with E-state index in [1.165, 1.54) is 21.5 Å². The number of halogens is 1. The van der Waals surface area contributed by atoms with Crippen LogP contribution in [0, 0.1) is 11.7 Å². The minimum atomic E-state index is -1.59. The van der Waals surface area contributed by atoms with Gasteiger partial charge in [-0.1, -0.05) is 97.1 Å². The van der Waals surface area contributed by atoms with Crippen LogP contribution in [0.4, 0.5) is 4.39 Å². The van der Waals surface area contributed by atoms with E-state index in [0.717, 1.165) is 10.6 Å². The number of carbonyl (C=O) groups excluding carboxylic acids is 2. The lowest BCUT2D eigenvalue weighted by molar-refractivity contribution is -0.133. The zero-order valence-corrected chi connectivity index (χ0v) is 25.0. The van der Waals surface area contributed by atoms with Gasteiger partial charge >= 0.3 is 11.4 Å². The molecule has 2 heterocycles. The summed E-state index contributed by atoms with van der Waals surface area (Å²) in [7, 11) is 0. The first-order valence-corrected chi connectivity index (χ1v) is 15.4. The van der Waals surface area contributed by atoms with Gasteiger partial charge in [-0.15, -0.1) is 0 Å². The van der Waals surface area contributed by atoms with Crippen molar-refractivity contribution in [3.63, 3.8) is 0 Å². The SMILES string of the molecule is O=C1C(c2ccccc2)=CC(=O)C2(c3ccccc3)C1CC1C(=CCn3c(=O)n(-c4ccccc4)c(=O)n31)C2c1cccc(F)c1O. The van der Waals surface area contributed by atoms with Crippen LogP contribution >= 0.6 is 0 Å². The number of aromatic nitrogens is 3. The maximum absolute atomic E-state index is 15.2. The van der Waals surface area contributed by atoms with Gasteiger partial charge in [0.2, 0.25) is 0 Å². The molecule has 8 nitrogen and oxygen atoms in total. The van der Waals surface area contributed by atoms with Crippen molar-refractivity contribution >= 4 is 17.1 Å². The number of Topliss-reactive ketones (excluding diaryl/α,β-unsaturated/α-hetero) is 1. The molecule has 0 saturated heterocycles. The molecule has 3 aliphatic rings. The minimum absolute atomic E-state index is 0.00487. The van der Waals surface area contributed by atoms with Crippen molar-refractivity contribution in [3.05, 3.63) is 170 Å². The van der Waals surface area contributed by atoms with Crippen LogP contribution < -0.4 is 11.4 Å². The van der Waals surface area contributed by atoms with Gasteiger partial charge < -0.3 is 5.11 Å². The molecular weight excluding hydrogens is 597 g/mol. The number of benzene rings is 4. The number of fused-ring (bicyclic) bond motifs is 4. The average Bonchev–Trinajstić information content (AvgIpc) is 3.37. The Labute approximate surface area is 267 Å². The Morgan fingerprint density at radius 1 is 0.766 bits per heavy atom. The van der Waals surface area contributed by atoms with Crippen LogP contribution in [-0.4, -0.2) is 30.6 Å². The molecule has 2 aliphatic carbocycles. The summed E-state index contributed by atoms with van der Waals surface area (Å²) in [6.45, 7) is -0.00487. The Kier molecular flexibility index (Phi) is 6.47. The van der Waals surface area contributed by atoms with Crippen LogP contribution in [-0.2, 0) is 21.5 Å². The zero-order chi connectivity index (χ0) is 32.4. The number of rotatable bonds is 4. The smallest absolute Gasteiger partial charge is 0.352 e. The van der Waals surface area contributed by atoms with Crippen LogP contribution in [0.25, 0.3) is 11.3 Å². The molecule has 0 bridgehead atoms. The molecule has 1 aliphatic heterocycles. The predicted molar refractivity (Wildman–Crippen MR) is 173 cm³/mol. The van der Waals surface area contributed by atoms with Crippen LogP contribution in [0.15, 0.2) is 137 Å². The van der Waals surface area contributed by atoms with Gasteiger partial charge in [0, 0.05) is 23.0 Å². The highest BCUT2D eigenvalue weighted by Crippen LogP contribution is 2.62. The largest absolute Gasteiger partial charge is 0.505 e. The molecule has 0 amide bonds. The Hall–Kier alpha value is -5.83.